The van der Waals surface area contributed by atoms with Crippen molar-refractivity contribution < 1.29 is 0 Å². The van der Waals surface area contributed by atoms with Gasteiger partial charge in [-0.05, 0) is 60.1 Å². The Balaban J connectivity index is 1.89. The summed E-state index contributed by atoms with van der Waals surface area (Å²) in [5, 5.41) is 7.12. The molecule has 1 aliphatic heterocycles. The third-order valence-corrected chi connectivity index (χ3v) is 5.97. The first-order valence-electron chi connectivity index (χ1n) is 11.5. The van der Waals surface area contributed by atoms with Crippen LogP contribution < -0.4 is 10.6 Å². The Kier molecular flexibility index (Phi) is 8.27. The van der Waals surface area contributed by atoms with Gasteiger partial charge in [0.2, 0.25) is 0 Å². The van der Waals surface area contributed by atoms with Gasteiger partial charge < -0.3 is 10.6 Å². The zero-order chi connectivity index (χ0) is 21.3. The van der Waals surface area contributed by atoms with Gasteiger partial charge in [-0.2, -0.15) is 0 Å². The quantitative estimate of drug-likeness (QED) is 0.526. The van der Waals surface area contributed by atoms with E-state index in [-0.39, 0.29) is 6.04 Å². The molecule has 0 saturated heterocycles. The molecule has 3 heteroatoms. The summed E-state index contributed by atoms with van der Waals surface area (Å²) in [4.78, 5) is 5.12. The lowest BCUT2D eigenvalue weighted by Crippen LogP contribution is -2.33. The lowest BCUT2D eigenvalue weighted by atomic mass is 9.87. The van der Waals surface area contributed by atoms with Crippen molar-refractivity contribution in [2.75, 3.05) is 13.6 Å². The van der Waals surface area contributed by atoms with Gasteiger partial charge in [-0.1, -0.05) is 68.8 Å². The number of allylic oxidation sites excluding steroid dienone is 3. The minimum Gasteiger partial charge on any atom is -0.377 e. The predicted molar refractivity (Wildman–Crippen MR) is 131 cm³/mol. The molecule has 0 spiro atoms. The fourth-order valence-corrected chi connectivity index (χ4v) is 4.30. The molecule has 3 nitrogen and oxygen atoms in total. The van der Waals surface area contributed by atoms with Crippen LogP contribution in [0.3, 0.4) is 0 Å². The molecule has 0 fully saturated rings. The largest absolute Gasteiger partial charge is 0.377 e. The normalized spacial score (nSPS) is 19.5. The van der Waals surface area contributed by atoms with Gasteiger partial charge in [-0.25, -0.2) is 0 Å². The average Bonchev–Trinajstić information content (AvgIpc) is 2.96. The number of benzene rings is 1. The van der Waals surface area contributed by atoms with Crippen molar-refractivity contribution in [1.82, 2.24) is 10.6 Å². The van der Waals surface area contributed by atoms with E-state index in [9.17, 15) is 0 Å². The molecular weight excluding hydrogens is 366 g/mol. The van der Waals surface area contributed by atoms with Gasteiger partial charge >= 0.3 is 0 Å². The zero-order valence-electron chi connectivity index (χ0n) is 18.9. The summed E-state index contributed by atoms with van der Waals surface area (Å²) in [5.41, 5.74) is 6.75. The summed E-state index contributed by atoms with van der Waals surface area (Å²) in [5.74, 6) is 1.09. The molecule has 0 aromatic heterocycles. The van der Waals surface area contributed by atoms with Crippen molar-refractivity contribution >= 4 is 11.4 Å². The average molecular weight is 404 g/mol. The number of hydrogen-bond acceptors (Lipinski definition) is 3. The minimum absolute atomic E-state index is 0.186. The van der Waals surface area contributed by atoms with Crippen LogP contribution in [0.25, 0.3) is 5.57 Å². The molecule has 3 rings (SSSR count). The lowest BCUT2D eigenvalue weighted by Gasteiger charge is -2.22. The molecule has 160 valence electrons. The van der Waals surface area contributed by atoms with Crippen LogP contribution in [0.1, 0.15) is 57.1 Å². The first-order chi connectivity index (χ1) is 14.7. The number of nitrogens with one attached hydrogen (secondary N) is 2. The van der Waals surface area contributed by atoms with E-state index < -0.39 is 0 Å². The molecule has 1 aromatic rings. The van der Waals surface area contributed by atoms with Gasteiger partial charge in [0.1, 0.15) is 5.84 Å². The summed E-state index contributed by atoms with van der Waals surface area (Å²) in [7, 11) is 2.00. The Labute approximate surface area is 182 Å². The maximum atomic E-state index is 5.12. The summed E-state index contributed by atoms with van der Waals surface area (Å²) in [6, 6.07) is 9.49. The molecule has 30 heavy (non-hydrogen) atoms. The predicted octanol–water partition coefficient (Wildman–Crippen LogP) is 5.61. The van der Waals surface area contributed by atoms with Crippen LogP contribution in [0.5, 0.6) is 0 Å². The Morgan fingerprint density at radius 3 is 2.63 bits per heavy atom. The van der Waals surface area contributed by atoms with Crippen LogP contribution >= 0.6 is 0 Å². The number of fused-ring (bicyclic) bond motifs is 1. The lowest BCUT2D eigenvalue weighted by molar-refractivity contribution is 0.522. The summed E-state index contributed by atoms with van der Waals surface area (Å²) in [6.07, 6.45) is 15.2. The summed E-state index contributed by atoms with van der Waals surface area (Å²) >= 11 is 0. The fourth-order valence-electron chi connectivity index (χ4n) is 4.30. The van der Waals surface area contributed by atoms with Gasteiger partial charge in [-0.15, -0.1) is 6.58 Å². The molecule has 0 saturated carbocycles. The molecule has 0 amide bonds. The highest BCUT2D eigenvalue weighted by atomic mass is 15.0. The first-order valence-corrected chi connectivity index (χ1v) is 11.5. The third kappa shape index (κ3) is 5.60. The number of amidine groups is 1. The first kappa shape index (κ1) is 22.3. The SMILES string of the molecule is C=CCc1ccc(C2=CC=C3C=C(C(CCC)NCCC)CC(NC)=NC3C2)cc1. The van der Waals surface area contributed by atoms with Crippen LogP contribution in [0.15, 0.2) is 71.3 Å². The summed E-state index contributed by atoms with van der Waals surface area (Å²) < 4.78 is 0. The molecule has 0 radical (unpaired) electrons. The van der Waals surface area contributed by atoms with Crippen LogP contribution in [-0.4, -0.2) is 31.5 Å². The monoisotopic (exact) mass is 403 g/mol. The van der Waals surface area contributed by atoms with Crippen molar-refractivity contribution in [3.63, 3.8) is 0 Å². The van der Waals surface area contributed by atoms with Crippen LogP contribution in [0.4, 0.5) is 0 Å². The minimum atomic E-state index is 0.186. The maximum Gasteiger partial charge on any atom is 0.101 e. The van der Waals surface area contributed by atoms with Gasteiger partial charge in [-0.3, -0.25) is 4.99 Å². The number of nitrogens with zero attached hydrogens (tertiary/aromatic N) is 1. The molecule has 2 N–H and O–H groups in total. The Morgan fingerprint density at radius 1 is 1.17 bits per heavy atom. The number of aliphatic imine (C=N–C) groups is 1. The van der Waals surface area contributed by atoms with Crippen molar-refractivity contribution in [2.45, 2.75) is 64.5 Å². The highest BCUT2D eigenvalue weighted by molar-refractivity contribution is 5.86. The molecule has 2 unspecified atom stereocenters. The number of hydrogen-bond donors (Lipinski definition) is 2. The van der Waals surface area contributed by atoms with Crippen LogP contribution in [0.2, 0.25) is 0 Å². The van der Waals surface area contributed by atoms with E-state index in [2.05, 4.69) is 73.6 Å². The highest BCUT2D eigenvalue weighted by Gasteiger charge is 2.25. The van der Waals surface area contributed by atoms with E-state index in [1.54, 1.807) is 0 Å². The van der Waals surface area contributed by atoms with E-state index in [0.29, 0.717) is 6.04 Å². The Bertz CT molecular complexity index is 839. The topological polar surface area (TPSA) is 36.4 Å². The second-order valence-electron chi connectivity index (χ2n) is 8.29. The van der Waals surface area contributed by atoms with Gasteiger partial charge in [0.25, 0.3) is 0 Å². The van der Waals surface area contributed by atoms with Crippen LogP contribution in [-0.2, 0) is 6.42 Å². The second-order valence-corrected chi connectivity index (χ2v) is 8.29. The van der Waals surface area contributed by atoms with Crippen molar-refractivity contribution in [2.24, 2.45) is 4.99 Å². The molecule has 0 bridgehead atoms. The van der Waals surface area contributed by atoms with Crippen molar-refractivity contribution in [3.05, 3.63) is 77.4 Å². The van der Waals surface area contributed by atoms with Gasteiger partial charge in [0.15, 0.2) is 0 Å². The molecule has 1 aliphatic carbocycles. The summed E-state index contributed by atoms with van der Waals surface area (Å²) in [6.45, 7) is 9.39. The third-order valence-electron chi connectivity index (χ3n) is 5.97. The van der Waals surface area contributed by atoms with E-state index in [1.807, 2.05) is 13.1 Å². The van der Waals surface area contributed by atoms with E-state index in [4.69, 9.17) is 4.99 Å². The molecular formula is C27H37N3. The van der Waals surface area contributed by atoms with E-state index >= 15 is 0 Å². The highest BCUT2D eigenvalue weighted by Crippen LogP contribution is 2.33. The Hall–Kier alpha value is -2.39. The Morgan fingerprint density at radius 2 is 1.97 bits per heavy atom. The fraction of sp³-hybridized carbons (Fsp3) is 0.444. The zero-order valence-corrected chi connectivity index (χ0v) is 18.9. The second kappa shape index (κ2) is 11.1. The van der Waals surface area contributed by atoms with Crippen LogP contribution in [0, 0.1) is 0 Å². The molecule has 1 heterocycles. The van der Waals surface area contributed by atoms with Gasteiger partial charge in [0, 0.05) is 19.5 Å². The smallest absolute Gasteiger partial charge is 0.101 e. The van der Waals surface area contributed by atoms with E-state index in [0.717, 1.165) is 38.1 Å². The van der Waals surface area contributed by atoms with E-state index in [1.165, 1.54) is 40.7 Å². The molecule has 2 aliphatic rings. The van der Waals surface area contributed by atoms with Crippen molar-refractivity contribution in [1.29, 1.82) is 0 Å². The molecule has 2 atom stereocenters. The maximum absolute atomic E-state index is 5.12. The standard InChI is InChI=1S/C27H37N3/c1-5-8-20-10-12-21(13-11-20)22-14-15-23-17-24(25(9-6-2)29-16-7-3)19-27(28-4)30-26(23)18-22/h5,10-15,17,25-26,29H,1,6-9,16,18-19H2,2-4H3,(H,28,30). The number of rotatable bonds is 9. The van der Waals surface area contributed by atoms with Gasteiger partial charge in [0.05, 0.1) is 6.04 Å². The molecule has 1 aromatic carbocycles. The van der Waals surface area contributed by atoms with Crippen molar-refractivity contribution in [3.8, 4) is 0 Å².